The molecule has 0 saturated carbocycles. The van der Waals surface area contributed by atoms with Gasteiger partial charge in [0.05, 0.1) is 6.04 Å². The van der Waals surface area contributed by atoms with Crippen LogP contribution in [0, 0.1) is 0 Å². The molecule has 0 fully saturated rings. The van der Waals surface area contributed by atoms with E-state index in [4.69, 9.17) is 0 Å². The van der Waals surface area contributed by atoms with Gasteiger partial charge in [-0.1, -0.05) is 12.1 Å². The molecule has 1 aromatic rings. The first kappa shape index (κ1) is 17.1. The summed E-state index contributed by atoms with van der Waals surface area (Å²) in [6.45, 7) is 9.94. The molecule has 1 amide bonds. The minimum absolute atomic E-state index is 0.0325. The fourth-order valence-electron chi connectivity index (χ4n) is 1.92. The van der Waals surface area contributed by atoms with Gasteiger partial charge in [0.2, 0.25) is 5.91 Å². The number of carbonyl (C=O) groups is 1. The lowest BCUT2D eigenvalue weighted by Crippen LogP contribution is -2.49. The molecule has 0 aromatic heterocycles. The Morgan fingerprint density at radius 1 is 1.15 bits per heavy atom. The third-order valence-electron chi connectivity index (χ3n) is 3.01. The van der Waals surface area contributed by atoms with E-state index >= 15 is 0 Å². The first-order valence-electron chi connectivity index (χ1n) is 6.95. The van der Waals surface area contributed by atoms with E-state index in [1.54, 1.807) is 11.8 Å². The van der Waals surface area contributed by atoms with Crippen molar-refractivity contribution in [2.45, 2.75) is 57.1 Å². The Morgan fingerprint density at radius 2 is 1.70 bits per heavy atom. The molecule has 0 aliphatic carbocycles. The average Bonchev–Trinajstić information content (AvgIpc) is 2.36. The molecular weight excluding hydrogens is 268 g/mol. The molecule has 3 nitrogen and oxygen atoms in total. The van der Waals surface area contributed by atoms with Crippen LogP contribution in [0.4, 0.5) is 0 Å². The molecule has 20 heavy (non-hydrogen) atoms. The lowest BCUT2D eigenvalue weighted by atomic mass is 10.1. The Hall–Kier alpha value is -1.00. The standard InChI is InChI=1S/C16H26N2OS/c1-11(13-7-9-14(20-6)10-8-13)17-12(2)15(19)18-16(3,4)5/h7-12,17H,1-6H3,(H,18,19). The normalized spacial score (nSPS) is 14.7. The van der Waals surface area contributed by atoms with Crippen LogP contribution in [0.5, 0.6) is 0 Å². The summed E-state index contributed by atoms with van der Waals surface area (Å²) in [5.74, 6) is 0.0325. The summed E-state index contributed by atoms with van der Waals surface area (Å²) in [7, 11) is 0. The maximum absolute atomic E-state index is 12.0. The zero-order valence-corrected chi connectivity index (χ0v) is 14.1. The zero-order chi connectivity index (χ0) is 15.3. The van der Waals surface area contributed by atoms with E-state index in [1.807, 2.05) is 27.7 Å². The predicted octanol–water partition coefficient (Wildman–Crippen LogP) is 3.36. The number of thioether (sulfide) groups is 1. The van der Waals surface area contributed by atoms with E-state index < -0.39 is 0 Å². The van der Waals surface area contributed by atoms with E-state index in [2.05, 4.69) is 48.1 Å². The van der Waals surface area contributed by atoms with Crippen molar-refractivity contribution in [2.75, 3.05) is 6.26 Å². The van der Waals surface area contributed by atoms with Gasteiger partial charge in [-0.15, -0.1) is 11.8 Å². The van der Waals surface area contributed by atoms with E-state index in [9.17, 15) is 4.79 Å². The number of rotatable bonds is 5. The SMILES string of the molecule is CSc1ccc(C(C)NC(C)C(=O)NC(C)(C)C)cc1. The Labute approximate surface area is 126 Å². The van der Waals surface area contributed by atoms with Crippen molar-refractivity contribution in [3.8, 4) is 0 Å². The summed E-state index contributed by atoms with van der Waals surface area (Å²) in [5, 5.41) is 6.33. The van der Waals surface area contributed by atoms with Crippen molar-refractivity contribution in [3.63, 3.8) is 0 Å². The molecule has 0 bridgehead atoms. The van der Waals surface area contributed by atoms with E-state index in [1.165, 1.54) is 10.5 Å². The summed E-state index contributed by atoms with van der Waals surface area (Å²) in [6, 6.07) is 8.36. The van der Waals surface area contributed by atoms with Gasteiger partial charge in [-0.05, 0) is 58.6 Å². The van der Waals surface area contributed by atoms with Gasteiger partial charge in [0.15, 0.2) is 0 Å². The number of benzene rings is 1. The predicted molar refractivity (Wildman–Crippen MR) is 87.1 cm³/mol. The third-order valence-corrected chi connectivity index (χ3v) is 3.75. The van der Waals surface area contributed by atoms with Crippen LogP contribution in [0.2, 0.25) is 0 Å². The fraction of sp³-hybridized carbons (Fsp3) is 0.562. The van der Waals surface area contributed by atoms with Gasteiger partial charge in [-0.25, -0.2) is 0 Å². The van der Waals surface area contributed by atoms with Crippen molar-refractivity contribution in [2.24, 2.45) is 0 Å². The highest BCUT2D eigenvalue weighted by Gasteiger charge is 2.20. The summed E-state index contributed by atoms with van der Waals surface area (Å²) < 4.78 is 0. The highest BCUT2D eigenvalue weighted by atomic mass is 32.2. The molecule has 0 aliphatic rings. The molecule has 0 heterocycles. The monoisotopic (exact) mass is 294 g/mol. The highest BCUT2D eigenvalue weighted by Crippen LogP contribution is 2.19. The number of carbonyl (C=O) groups excluding carboxylic acids is 1. The summed E-state index contributed by atoms with van der Waals surface area (Å²) in [5.41, 5.74) is 0.995. The van der Waals surface area contributed by atoms with Crippen molar-refractivity contribution >= 4 is 17.7 Å². The summed E-state index contributed by atoms with van der Waals surface area (Å²) in [4.78, 5) is 13.3. The number of hydrogen-bond donors (Lipinski definition) is 2. The van der Waals surface area contributed by atoms with Crippen LogP contribution in [0.25, 0.3) is 0 Å². The van der Waals surface area contributed by atoms with Crippen LogP contribution >= 0.6 is 11.8 Å². The van der Waals surface area contributed by atoms with Gasteiger partial charge in [-0.3, -0.25) is 10.1 Å². The van der Waals surface area contributed by atoms with Gasteiger partial charge in [0.25, 0.3) is 0 Å². The van der Waals surface area contributed by atoms with Crippen molar-refractivity contribution < 1.29 is 4.79 Å². The molecule has 0 radical (unpaired) electrons. The number of amides is 1. The zero-order valence-electron chi connectivity index (χ0n) is 13.3. The summed E-state index contributed by atoms with van der Waals surface area (Å²) >= 11 is 1.73. The molecule has 2 N–H and O–H groups in total. The smallest absolute Gasteiger partial charge is 0.237 e. The quantitative estimate of drug-likeness (QED) is 0.818. The molecular formula is C16H26N2OS. The van der Waals surface area contributed by atoms with E-state index in [0.29, 0.717) is 0 Å². The van der Waals surface area contributed by atoms with Crippen LogP contribution < -0.4 is 10.6 Å². The van der Waals surface area contributed by atoms with Gasteiger partial charge in [-0.2, -0.15) is 0 Å². The largest absolute Gasteiger partial charge is 0.350 e. The fourth-order valence-corrected chi connectivity index (χ4v) is 2.33. The molecule has 0 aliphatic heterocycles. The van der Waals surface area contributed by atoms with Gasteiger partial charge in [0.1, 0.15) is 0 Å². The van der Waals surface area contributed by atoms with E-state index in [0.717, 1.165) is 0 Å². The van der Waals surface area contributed by atoms with Crippen LogP contribution in [-0.2, 0) is 4.79 Å². The molecule has 0 spiro atoms. The molecule has 1 aromatic carbocycles. The second-order valence-corrected chi connectivity index (χ2v) is 7.00. The van der Waals surface area contributed by atoms with Crippen LogP contribution in [0.3, 0.4) is 0 Å². The maximum atomic E-state index is 12.0. The molecule has 2 unspecified atom stereocenters. The van der Waals surface area contributed by atoms with Crippen molar-refractivity contribution in [1.82, 2.24) is 10.6 Å². The lowest BCUT2D eigenvalue weighted by Gasteiger charge is -2.25. The second-order valence-electron chi connectivity index (χ2n) is 6.12. The number of hydrogen-bond acceptors (Lipinski definition) is 3. The second kappa shape index (κ2) is 7.14. The molecule has 4 heteroatoms. The van der Waals surface area contributed by atoms with Crippen molar-refractivity contribution in [3.05, 3.63) is 29.8 Å². The van der Waals surface area contributed by atoms with Gasteiger partial charge < -0.3 is 5.32 Å². The molecule has 0 saturated heterocycles. The minimum atomic E-state index is -0.218. The third kappa shape index (κ3) is 5.55. The van der Waals surface area contributed by atoms with Crippen LogP contribution in [0.1, 0.15) is 46.2 Å². The maximum Gasteiger partial charge on any atom is 0.237 e. The Morgan fingerprint density at radius 3 is 2.15 bits per heavy atom. The van der Waals surface area contributed by atoms with Crippen LogP contribution in [-0.4, -0.2) is 23.7 Å². The first-order chi connectivity index (χ1) is 9.23. The van der Waals surface area contributed by atoms with E-state index in [-0.39, 0.29) is 23.5 Å². The highest BCUT2D eigenvalue weighted by molar-refractivity contribution is 7.98. The summed E-state index contributed by atoms with van der Waals surface area (Å²) in [6.07, 6.45) is 2.07. The first-order valence-corrected chi connectivity index (χ1v) is 8.17. The topological polar surface area (TPSA) is 41.1 Å². The Kier molecular flexibility index (Phi) is 6.08. The van der Waals surface area contributed by atoms with Crippen LogP contribution in [0.15, 0.2) is 29.2 Å². The van der Waals surface area contributed by atoms with Gasteiger partial charge in [0, 0.05) is 16.5 Å². The molecule has 2 atom stereocenters. The Bertz CT molecular complexity index is 437. The molecule has 112 valence electrons. The number of nitrogens with one attached hydrogen (secondary N) is 2. The minimum Gasteiger partial charge on any atom is -0.350 e. The Balaban J connectivity index is 2.60. The van der Waals surface area contributed by atoms with Crippen molar-refractivity contribution in [1.29, 1.82) is 0 Å². The lowest BCUT2D eigenvalue weighted by molar-refractivity contribution is -0.124. The average molecular weight is 294 g/mol. The molecule has 1 rings (SSSR count). The van der Waals surface area contributed by atoms with Gasteiger partial charge >= 0.3 is 0 Å².